The van der Waals surface area contributed by atoms with E-state index in [0.717, 1.165) is 18.2 Å². The molecule has 0 saturated carbocycles. The van der Waals surface area contributed by atoms with Crippen molar-refractivity contribution in [2.75, 3.05) is 26.9 Å². The van der Waals surface area contributed by atoms with Gasteiger partial charge in [0.15, 0.2) is 11.5 Å². The van der Waals surface area contributed by atoms with E-state index in [1.165, 1.54) is 58.2 Å². The third kappa shape index (κ3) is 6.26. The van der Waals surface area contributed by atoms with E-state index in [9.17, 15) is 37.4 Å². The molecule has 4 rings (SSSR count). The molecule has 10 nitrogen and oxygen atoms in total. The van der Waals surface area contributed by atoms with E-state index >= 15 is 0 Å². The highest BCUT2D eigenvalue weighted by Crippen LogP contribution is 2.47. The van der Waals surface area contributed by atoms with Crippen LogP contribution >= 0.6 is 0 Å². The SMILES string of the molecule is COc1cc(C(=O)NCC(O)(c2cc3c(c(-c4ccc(F)cc4)n2)OC[C@]3(C)C(N)=O)C(F)(F)F)ccc1OCC(C)(C)O. The maximum absolute atomic E-state index is 14.6. The highest BCUT2D eigenvalue weighted by Gasteiger charge is 2.57. The summed E-state index contributed by atoms with van der Waals surface area (Å²) >= 11 is 0. The van der Waals surface area contributed by atoms with Gasteiger partial charge in [0.1, 0.15) is 35.9 Å². The van der Waals surface area contributed by atoms with Crippen LogP contribution in [-0.4, -0.2) is 65.7 Å². The first-order valence-corrected chi connectivity index (χ1v) is 13.2. The number of carbonyl (C=O) groups is 2. The molecule has 2 heterocycles. The van der Waals surface area contributed by atoms with Crippen molar-refractivity contribution in [2.24, 2.45) is 5.73 Å². The third-order valence-electron chi connectivity index (χ3n) is 7.14. The Bertz CT molecular complexity index is 1570. The number of nitrogens with zero attached hydrogens (tertiary/aromatic N) is 1. The Labute approximate surface area is 249 Å². The van der Waals surface area contributed by atoms with E-state index in [1.807, 2.05) is 0 Å². The second-order valence-corrected chi connectivity index (χ2v) is 11.2. The molecule has 0 saturated heterocycles. The summed E-state index contributed by atoms with van der Waals surface area (Å²) in [6.45, 7) is 2.61. The van der Waals surface area contributed by atoms with Gasteiger partial charge in [0.25, 0.3) is 5.91 Å². The van der Waals surface area contributed by atoms with Crippen molar-refractivity contribution >= 4 is 11.8 Å². The van der Waals surface area contributed by atoms with Crippen molar-refractivity contribution in [3.8, 4) is 28.5 Å². The number of methoxy groups -OCH3 is 1. The number of fused-ring (bicyclic) bond motifs is 1. The fraction of sp³-hybridized carbons (Fsp3) is 0.367. The lowest BCUT2D eigenvalue weighted by Crippen LogP contribution is -2.51. The van der Waals surface area contributed by atoms with Gasteiger partial charge in [0.05, 0.1) is 24.9 Å². The number of aliphatic hydroxyl groups is 2. The molecule has 3 aromatic rings. The molecule has 0 fully saturated rings. The van der Waals surface area contributed by atoms with Crippen molar-refractivity contribution in [3.63, 3.8) is 0 Å². The smallest absolute Gasteiger partial charge is 0.424 e. The molecule has 1 aromatic heterocycles. The number of primary amides is 1. The van der Waals surface area contributed by atoms with E-state index in [-0.39, 0.29) is 52.8 Å². The Hall–Kier alpha value is -4.43. The van der Waals surface area contributed by atoms with Crippen LogP contribution in [0.5, 0.6) is 17.2 Å². The lowest BCUT2D eigenvalue weighted by atomic mass is 9.81. The average molecular weight is 622 g/mol. The quantitative estimate of drug-likeness (QED) is 0.252. The first-order valence-electron chi connectivity index (χ1n) is 13.2. The van der Waals surface area contributed by atoms with Gasteiger partial charge >= 0.3 is 6.18 Å². The maximum atomic E-state index is 14.6. The van der Waals surface area contributed by atoms with Gasteiger partial charge in [-0.15, -0.1) is 0 Å². The molecule has 14 heteroatoms. The topological polar surface area (TPSA) is 153 Å². The monoisotopic (exact) mass is 621 g/mol. The summed E-state index contributed by atoms with van der Waals surface area (Å²) in [5.41, 5.74) is -2.11. The van der Waals surface area contributed by atoms with Gasteiger partial charge in [-0.1, -0.05) is 0 Å². The predicted molar refractivity (Wildman–Crippen MR) is 149 cm³/mol. The number of aromatic nitrogens is 1. The maximum Gasteiger partial charge on any atom is 0.424 e. The molecule has 1 unspecified atom stereocenters. The highest BCUT2D eigenvalue weighted by atomic mass is 19.4. The number of hydrogen-bond acceptors (Lipinski definition) is 8. The van der Waals surface area contributed by atoms with Crippen molar-refractivity contribution in [1.29, 1.82) is 0 Å². The first-order chi connectivity index (χ1) is 20.4. The van der Waals surface area contributed by atoms with E-state index in [4.69, 9.17) is 19.9 Å². The zero-order valence-electron chi connectivity index (χ0n) is 24.2. The van der Waals surface area contributed by atoms with Crippen molar-refractivity contribution in [2.45, 2.75) is 43.6 Å². The molecule has 0 radical (unpaired) electrons. The minimum Gasteiger partial charge on any atom is -0.493 e. The summed E-state index contributed by atoms with van der Waals surface area (Å²) in [5, 5.41) is 23.2. The molecule has 2 amide bonds. The summed E-state index contributed by atoms with van der Waals surface area (Å²) in [6.07, 6.45) is -5.38. The molecule has 5 N–H and O–H groups in total. The van der Waals surface area contributed by atoms with Gasteiger partial charge < -0.3 is 35.5 Å². The Balaban J connectivity index is 1.73. The minimum atomic E-state index is -5.38. The standard InChI is InChI=1S/C30H31F4N3O7/c1-27(2,40)14-43-20-10-7-17(11-21(20)42-4)25(38)36-13-29(41,30(32,33)34)22-12-19-24(44-15-28(19,3)26(35)39)23(37-22)16-5-8-18(31)9-6-16/h5-12,40-41H,13-15H2,1-4H3,(H2,35,39)(H,36,38)/t28-,29?/m0/s1. The number of nitrogens with one attached hydrogen (secondary N) is 1. The van der Waals surface area contributed by atoms with Crippen LogP contribution in [0.2, 0.25) is 0 Å². The number of hydrogen-bond donors (Lipinski definition) is 4. The molecule has 44 heavy (non-hydrogen) atoms. The van der Waals surface area contributed by atoms with Gasteiger partial charge in [-0.25, -0.2) is 9.37 Å². The molecular formula is C30H31F4N3O7. The van der Waals surface area contributed by atoms with Crippen LogP contribution in [0.3, 0.4) is 0 Å². The molecule has 0 spiro atoms. The third-order valence-corrected chi connectivity index (χ3v) is 7.14. The molecule has 2 atom stereocenters. The lowest BCUT2D eigenvalue weighted by molar-refractivity contribution is -0.265. The number of pyridine rings is 1. The van der Waals surface area contributed by atoms with Crippen LogP contribution in [0.25, 0.3) is 11.3 Å². The van der Waals surface area contributed by atoms with Crippen LogP contribution < -0.4 is 25.3 Å². The molecule has 0 bridgehead atoms. The zero-order valence-corrected chi connectivity index (χ0v) is 24.2. The summed E-state index contributed by atoms with van der Waals surface area (Å²) in [4.78, 5) is 29.4. The van der Waals surface area contributed by atoms with Gasteiger partial charge in [-0.05, 0) is 69.3 Å². The molecule has 1 aliphatic heterocycles. The van der Waals surface area contributed by atoms with Gasteiger partial charge in [0.2, 0.25) is 11.5 Å². The zero-order chi connectivity index (χ0) is 32.7. The normalized spacial score (nSPS) is 17.7. The lowest BCUT2D eigenvalue weighted by Gasteiger charge is -2.31. The van der Waals surface area contributed by atoms with E-state index in [1.54, 1.807) is 0 Å². The van der Waals surface area contributed by atoms with Crippen molar-refractivity contribution in [1.82, 2.24) is 10.3 Å². The predicted octanol–water partition coefficient (Wildman–Crippen LogP) is 3.36. The summed E-state index contributed by atoms with van der Waals surface area (Å²) in [5.74, 6) is -2.31. The molecule has 2 aromatic carbocycles. The number of rotatable bonds is 10. The number of ether oxygens (including phenoxy) is 3. The first kappa shape index (κ1) is 32.5. The van der Waals surface area contributed by atoms with Crippen LogP contribution in [0.1, 0.15) is 42.4 Å². The molecule has 236 valence electrons. The number of carbonyl (C=O) groups excluding carboxylic acids is 2. The van der Waals surface area contributed by atoms with Crippen LogP contribution in [0.15, 0.2) is 48.5 Å². The van der Waals surface area contributed by atoms with Gasteiger partial charge in [-0.3, -0.25) is 9.59 Å². The largest absolute Gasteiger partial charge is 0.493 e. The fourth-order valence-electron chi connectivity index (χ4n) is 4.43. The van der Waals surface area contributed by atoms with Crippen LogP contribution in [0, 0.1) is 5.82 Å². The number of halogens is 4. The fourth-order valence-corrected chi connectivity index (χ4v) is 4.43. The Kier molecular flexibility index (Phi) is 8.55. The average Bonchev–Trinajstić information content (AvgIpc) is 3.31. The summed E-state index contributed by atoms with van der Waals surface area (Å²) in [6, 6.07) is 9.32. The van der Waals surface area contributed by atoms with Crippen LogP contribution in [0.4, 0.5) is 17.6 Å². The minimum absolute atomic E-state index is 0.0470. The Morgan fingerprint density at radius 2 is 1.75 bits per heavy atom. The summed E-state index contributed by atoms with van der Waals surface area (Å²) in [7, 11) is 1.29. The number of alkyl halides is 3. The van der Waals surface area contributed by atoms with E-state index in [2.05, 4.69) is 10.3 Å². The highest BCUT2D eigenvalue weighted by molar-refractivity contribution is 5.95. The van der Waals surface area contributed by atoms with Crippen LogP contribution in [-0.2, 0) is 15.8 Å². The van der Waals surface area contributed by atoms with Gasteiger partial charge in [0, 0.05) is 16.7 Å². The van der Waals surface area contributed by atoms with E-state index < -0.39 is 52.7 Å². The number of nitrogens with two attached hydrogens (primary N) is 1. The number of benzene rings is 2. The summed E-state index contributed by atoms with van der Waals surface area (Å²) < 4.78 is 73.8. The molecule has 1 aliphatic rings. The van der Waals surface area contributed by atoms with Crippen molar-refractivity contribution in [3.05, 3.63) is 71.2 Å². The Morgan fingerprint density at radius 3 is 2.32 bits per heavy atom. The Morgan fingerprint density at radius 1 is 1.09 bits per heavy atom. The second-order valence-electron chi connectivity index (χ2n) is 11.2. The van der Waals surface area contributed by atoms with Crippen molar-refractivity contribution < 1.29 is 51.6 Å². The molecular weight excluding hydrogens is 590 g/mol. The molecule has 0 aliphatic carbocycles. The van der Waals surface area contributed by atoms with E-state index in [0.29, 0.717) is 0 Å². The van der Waals surface area contributed by atoms with Gasteiger partial charge in [-0.2, -0.15) is 13.2 Å². The second kappa shape index (κ2) is 11.6. The number of amides is 2.